The van der Waals surface area contributed by atoms with Gasteiger partial charge in [-0.1, -0.05) is 12.1 Å². The third-order valence-corrected chi connectivity index (χ3v) is 2.69. The van der Waals surface area contributed by atoms with Gasteiger partial charge in [-0.2, -0.15) is 0 Å². The van der Waals surface area contributed by atoms with E-state index in [-0.39, 0.29) is 5.82 Å². The van der Waals surface area contributed by atoms with Crippen LogP contribution in [-0.4, -0.2) is 17.7 Å². The van der Waals surface area contributed by atoms with Crippen LogP contribution in [-0.2, 0) is 0 Å². The molecule has 3 heteroatoms. The number of nitrogens with one attached hydrogen (secondary N) is 1. The SMILES string of the molecule is OC(CC1CCN1)c1ccc(F)cc1. The molecule has 1 heterocycles. The monoisotopic (exact) mass is 195 g/mol. The van der Waals surface area contributed by atoms with Crippen molar-refractivity contribution in [3.8, 4) is 0 Å². The van der Waals surface area contributed by atoms with Crippen molar-refractivity contribution in [2.45, 2.75) is 25.0 Å². The number of hydrogen-bond donors (Lipinski definition) is 2. The molecule has 2 unspecified atom stereocenters. The van der Waals surface area contributed by atoms with E-state index in [1.54, 1.807) is 12.1 Å². The predicted octanol–water partition coefficient (Wildman–Crippen LogP) is 1.61. The van der Waals surface area contributed by atoms with E-state index >= 15 is 0 Å². The van der Waals surface area contributed by atoms with Gasteiger partial charge in [-0.25, -0.2) is 4.39 Å². The molecule has 1 aromatic rings. The Hall–Kier alpha value is -0.930. The van der Waals surface area contributed by atoms with Crippen LogP contribution in [0, 0.1) is 5.82 Å². The first-order valence-corrected chi connectivity index (χ1v) is 4.92. The number of halogens is 1. The van der Waals surface area contributed by atoms with E-state index in [1.165, 1.54) is 12.1 Å². The van der Waals surface area contributed by atoms with E-state index in [0.29, 0.717) is 12.5 Å². The van der Waals surface area contributed by atoms with Crippen LogP contribution in [0.3, 0.4) is 0 Å². The smallest absolute Gasteiger partial charge is 0.123 e. The molecule has 0 bridgehead atoms. The fourth-order valence-electron chi connectivity index (χ4n) is 1.64. The van der Waals surface area contributed by atoms with Gasteiger partial charge in [0.2, 0.25) is 0 Å². The van der Waals surface area contributed by atoms with Crippen molar-refractivity contribution in [3.63, 3.8) is 0 Å². The van der Waals surface area contributed by atoms with Gasteiger partial charge in [-0.15, -0.1) is 0 Å². The summed E-state index contributed by atoms with van der Waals surface area (Å²) in [6, 6.07) is 6.46. The number of benzene rings is 1. The molecule has 1 aromatic carbocycles. The van der Waals surface area contributed by atoms with E-state index < -0.39 is 6.10 Å². The first-order chi connectivity index (χ1) is 6.75. The van der Waals surface area contributed by atoms with E-state index in [2.05, 4.69) is 5.32 Å². The average molecular weight is 195 g/mol. The molecule has 76 valence electrons. The zero-order valence-corrected chi connectivity index (χ0v) is 7.91. The van der Waals surface area contributed by atoms with Crippen molar-refractivity contribution in [3.05, 3.63) is 35.6 Å². The highest BCUT2D eigenvalue weighted by molar-refractivity contribution is 5.18. The second-order valence-electron chi connectivity index (χ2n) is 3.74. The fraction of sp³-hybridized carbons (Fsp3) is 0.455. The molecule has 0 spiro atoms. The van der Waals surface area contributed by atoms with Crippen LogP contribution in [0.1, 0.15) is 24.5 Å². The third-order valence-electron chi connectivity index (χ3n) is 2.69. The van der Waals surface area contributed by atoms with Crippen molar-refractivity contribution in [2.75, 3.05) is 6.54 Å². The first kappa shape index (κ1) is 9.62. The maximum Gasteiger partial charge on any atom is 0.123 e. The summed E-state index contributed by atoms with van der Waals surface area (Å²) >= 11 is 0. The van der Waals surface area contributed by atoms with Crippen molar-refractivity contribution in [1.29, 1.82) is 0 Å². The molecule has 0 aromatic heterocycles. The summed E-state index contributed by atoms with van der Waals surface area (Å²) in [7, 11) is 0. The number of hydrogen-bond acceptors (Lipinski definition) is 2. The van der Waals surface area contributed by atoms with Crippen molar-refractivity contribution >= 4 is 0 Å². The van der Waals surface area contributed by atoms with Crippen LogP contribution in [0.2, 0.25) is 0 Å². The van der Waals surface area contributed by atoms with Crippen molar-refractivity contribution in [2.24, 2.45) is 0 Å². The third kappa shape index (κ3) is 2.11. The molecular formula is C11H14FNO. The molecule has 0 saturated carbocycles. The quantitative estimate of drug-likeness (QED) is 0.768. The highest BCUT2D eigenvalue weighted by Gasteiger charge is 2.20. The maximum absolute atomic E-state index is 12.6. The van der Waals surface area contributed by atoms with Crippen LogP contribution in [0.15, 0.2) is 24.3 Å². The largest absolute Gasteiger partial charge is 0.388 e. The topological polar surface area (TPSA) is 32.3 Å². The Morgan fingerprint density at radius 2 is 2.07 bits per heavy atom. The lowest BCUT2D eigenvalue weighted by atomic mass is 9.96. The van der Waals surface area contributed by atoms with Crippen molar-refractivity contribution in [1.82, 2.24) is 5.32 Å². The highest BCUT2D eigenvalue weighted by atomic mass is 19.1. The van der Waals surface area contributed by atoms with Gasteiger partial charge in [0.05, 0.1) is 6.10 Å². The van der Waals surface area contributed by atoms with Gasteiger partial charge < -0.3 is 10.4 Å². The van der Waals surface area contributed by atoms with Gasteiger partial charge in [0.15, 0.2) is 0 Å². The van der Waals surface area contributed by atoms with Crippen molar-refractivity contribution < 1.29 is 9.50 Å². The lowest BCUT2D eigenvalue weighted by molar-refractivity contribution is 0.136. The van der Waals surface area contributed by atoms with Crippen LogP contribution in [0.4, 0.5) is 4.39 Å². The fourth-order valence-corrected chi connectivity index (χ4v) is 1.64. The van der Waals surface area contributed by atoms with Gasteiger partial charge in [-0.3, -0.25) is 0 Å². The normalized spacial score (nSPS) is 22.9. The lowest BCUT2D eigenvalue weighted by Gasteiger charge is -2.29. The molecule has 1 aliphatic heterocycles. The Labute approximate surface area is 82.8 Å². The minimum Gasteiger partial charge on any atom is -0.388 e. The minimum atomic E-state index is -0.478. The molecule has 0 amide bonds. The Balaban J connectivity index is 1.95. The lowest BCUT2D eigenvalue weighted by Crippen LogP contribution is -2.43. The minimum absolute atomic E-state index is 0.261. The first-order valence-electron chi connectivity index (χ1n) is 4.92. The van der Waals surface area contributed by atoms with Crippen LogP contribution < -0.4 is 5.32 Å². The molecule has 1 saturated heterocycles. The van der Waals surface area contributed by atoms with E-state index in [9.17, 15) is 9.50 Å². The Morgan fingerprint density at radius 1 is 1.43 bits per heavy atom. The summed E-state index contributed by atoms with van der Waals surface area (Å²) in [6.07, 6.45) is 1.36. The molecule has 1 aliphatic rings. The number of aliphatic hydroxyl groups is 1. The molecule has 2 nitrogen and oxygen atoms in total. The molecule has 0 aliphatic carbocycles. The predicted molar refractivity (Wildman–Crippen MR) is 52.4 cm³/mol. The second-order valence-corrected chi connectivity index (χ2v) is 3.74. The van der Waals surface area contributed by atoms with Crippen LogP contribution in [0.25, 0.3) is 0 Å². The van der Waals surface area contributed by atoms with Gasteiger partial charge in [0.25, 0.3) is 0 Å². The van der Waals surface area contributed by atoms with E-state index in [0.717, 1.165) is 18.5 Å². The second kappa shape index (κ2) is 4.07. The maximum atomic E-state index is 12.6. The van der Waals surface area contributed by atoms with Gasteiger partial charge >= 0.3 is 0 Å². The zero-order valence-electron chi connectivity index (χ0n) is 7.91. The Morgan fingerprint density at radius 3 is 2.57 bits per heavy atom. The summed E-state index contributed by atoms with van der Waals surface area (Å²) in [5.74, 6) is -0.261. The molecule has 1 fully saturated rings. The summed E-state index contributed by atoms with van der Waals surface area (Å²) in [6.45, 7) is 1.04. The van der Waals surface area contributed by atoms with E-state index in [4.69, 9.17) is 0 Å². The Bertz CT molecular complexity index is 295. The molecular weight excluding hydrogens is 181 g/mol. The summed E-state index contributed by atoms with van der Waals surface area (Å²) in [4.78, 5) is 0. The molecule has 0 radical (unpaired) electrons. The van der Waals surface area contributed by atoms with Gasteiger partial charge in [-0.05, 0) is 37.1 Å². The van der Waals surface area contributed by atoms with Gasteiger partial charge in [0, 0.05) is 6.04 Å². The molecule has 2 N–H and O–H groups in total. The summed E-state index contributed by atoms with van der Waals surface area (Å²) < 4.78 is 12.6. The Kier molecular flexibility index (Phi) is 2.79. The number of aliphatic hydroxyl groups excluding tert-OH is 1. The standard InChI is InChI=1S/C11H14FNO/c12-9-3-1-8(2-4-9)11(14)7-10-5-6-13-10/h1-4,10-11,13-14H,5-7H2. The van der Waals surface area contributed by atoms with E-state index in [1.807, 2.05) is 0 Å². The zero-order chi connectivity index (χ0) is 9.97. The van der Waals surface area contributed by atoms with Gasteiger partial charge in [0.1, 0.15) is 5.82 Å². The molecule has 2 rings (SSSR count). The molecule has 14 heavy (non-hydrogen) atoms. The summed E-state index contributed by atoms with van der Waals surface area (Å²) in [5.41, 5.74) is 0.792. The summed E-state index contributed by atoms with van der Waals surface area (Å²) in [5, 5.41) is 13.0. The average Bonchev–Trinajstić information content (AvgIpc) is 2.12. The number of rotatable bonds is 3. The molecule has 2 atom stereocenters. The highest BCUT2D eigenvalue weighted by Crippen LogP contribution is 2.21. The van der Waals surface area contributed by atoms with Crippen LogP contribution in [0.5, 0.6) is 0 Å². The van der Waals surface area contributed by atoms with Crippen LogP contribution >= 0.6 is 0 Å².